The Morgan fingerprint density at radius 2 is 1.88 bits per heavy atom. The maximum Gasteiger partial charge on any atom is 0.338 e. The molecule has 4 nitrogen and oxygen atoms in total. The van der Waals surface area contributed by atoms with Gasteiger partial charge in [0.05, 0.1) is 17.0 Å². The zero-order valence-corrected chi connectivity index (χ0v) is 14.9. The molecule has 1 aromatic heterocycles. The number of hydrogen-bond donors (Lipinski definition) is 2. The van der Waals surface area contributed by atoms with Crippen LogP contribution in [0, 0.1) is 5.41 Å². The standard InChI is InChI=1S/C20H20N2O2S/c1-2-24-20(23)16-5-3-4-13(10-16)6-7-14-8-9-15-12-18(19(21)22)25-17(15)11-14/h3-5,8-12H,2,6-7H2,1H3,(H3,21,22). The monoisotopic (exact) mass is 352 g/mol. The molecule has 0 atom stereocenters. The number of aryl methyl sites for hydroxylation is 2. The predicted octanol–water partition coefficient (Wildman–Crippen LogP) is 4.15. The fraction of sp³-hybridized carbons (Fsp3) is 0.200. The molecule has 0 unspecified atom stereocenters. The highest BCUT2D eigenvalue weighted by Crippen LogP contribution is 2.27. The zero-order valence-electron chi connectivity index (χ0n) is 14.0. The molecule has 0 aliphatic rings. The van der Waals surface area contributed by atoms with E-state index in [0.717, 1.165) is 33.4 Å². The van der Waals surface area contributed by atoms with Gasteiger partial charge >= 0.3 is 5.97 Å². The molecule has 128 valence electrons. The molecule has 0 bridgehead atoms. The highest BCUT2D eigenvalue weighted by Gasteiger charge is 2.08. The summed E-state index contributed by atoms with van der Waals surface area (Å²) in [7, 11) is 0. The summed E-state index contributed by atoms with van der Waals surface area (Å²) in [5.41, 5.74) is 8.50. The summed E-state index contributed by atoms with van der Waals surface area (Å²) in [5.74, 6) is -0.167. The van der Waals surface area contributed by atoms with E-state index >= 15 is 0 Å². The lowest BCUT2D eigenvalue weighted by molar-refractivity contribution is 0.0526. The van der Waals surface area contributed by atoms with Crippen molar-refractivity contribution in [1.82, 2.24) is 0 Å². The number of nitrogens with two attached hydrogens (primary N) is 1. The highest BCUT2D eigenvalue weighted by atomic mass is 32.1. The van der Waals surface area contributed by atoms with Crippen molar-refractivity contribution >= 4 is 33.2 Å². The van der Waals surface area contributed by atoms with Gasteiger partial charge in [-0.2, -0.15) is 0 Å². The Bertz CT molecular complexity index is 930. The predicted molar refractivity (Wildman–Crippen MR) is 103 cm³/mol. The van der Waals surface area contributed by atoms with E-state index < -0.39 is 0 Å². The van der Waals surface area contributed by atoms with Crippen molar-refractivity contribution in [2.24, 2.45) is 5.73 Å². The maximum atomic E-state index is 11.8. The van der Waals surface area contributed by atoms with Gasteiger partial charge in [0.1, 0.15) is 5.84 Å². The van der Waals surface area contributed by atoms with Crippen molar-refractivity contribution in [2.75, 3.05) is 6.61 Å². The number of carbonyl (C=O) groups excluding carboxylic acids is 1. The number of fused-ring (bicyclic) bond motifs is 1. The molecule has 3 aromatic rings. The highest BCUT2D eigenvalue weighted by molar-refractivity contribution is 7.20. The summed E-state index contributed by atoms with van der Waals surface area (Å²) >= 11 is 1.54. The van der Waals surface area contributed by atoms with Crippen molar-refractivity contribution < 1.29 is 9.53 Å². The zero-order chi connectivity index (χ0) is 17.8. The third kappa shape index (κ3) is 4.06. The molecule has 5 heteroatoms. The third-order valence-electron chi connectivity index (χ3n) is 3.99. The van der Waals surface area contributed by atoms with E-state index in [9.17, 15) is 4.79 Å². The van der Waals surface area contributed by atoms with Crippen molar-refractivity contribution in [3.63, 3.8) is 0 Å². The van der Waals surface area contributed by atoms with Gasteiger partial charge in [0.2, 0.25) is 0 Å². The molecule has 0 saturated heterocycles. The SMILES string of the molecule is CCOC(=O)c1cccc(CCc2ccc3cc(C(=N)N)sc3c2)c1. The summed E-state index contributed by atoms with van der Waals surface area (Å²) in [6.07, 6.45) is 1.74. The summed E-state index contributed by atoms with van der Waals surface area (Å²) in [4.78, 5) is 12.6. The molecule has 0 saturated carbocycles. The smallest absolute Gasteiger partial charge is 0.338 e. The van der Waals surface area contributed by atoms with E-state index in [1.165, 1.54) is 5.56 Å². The molecule has 0 aliphatic heterocycles. The lowest BCUT2D eigenvalue weighted by Crippen LogP contribution is -2.08. The fourth-order valence-corrected chi connectivity index (χ4v) is 3.71. The van der Waals surface area contributed by atoms with Crippen LogP contribution < -0.4 is 5.73 Å². The van der Waals surface area contributed by atoms with E-state index in [1.54, 1.807) is 24.3 Å². The van der Waals surface area contributed by atoms with Gasteiger partial charge in [0.15, 0.2) is 0 Å². The van der Waals surface area contributed by atoms with Crippen molar-refractivity contribution in [2.45, 2.75) is 19.8 Å². The summed E-state index contributed by atoms with van der Waals surface area (Å²) in [5, 5.41) is 8.66. The first kappa shape index (κ1) is 17.2. The number of benzene rings is 2. The average Bonchev–Trinajstić information content (AvgIpc) is 3.04. The molecule has 1 heterocycles. The number of carbonyl (C=O) groups is 1. The molecule has 0 aliphatic carbocycles. The van der Waals surface area contributed by atoms with Crippen LogP contribution >= 0.6 is 11.3 Å². The Balaban J connectivity index is 1.73. The normalized spacial score (nSPS) is 10.8. The van der Waals surface area contributed by atoms with Crippen LogP contribution in [0.2, 0.25) is 0 Å². The minimum atomic E-state index is -0.277. The van der Waals surface area contributed by atoms with Crippen LogP contribution in [0.25, 0.3) is 10.1 Å². The van der Waals surface area contributed by atoms with Gasteiger partial charge in [-0.15, -0.1) is 11.3 Å². The van der Waals surface area contributed by atoms with Gasteiger partial charge in [-0.25, -0.2) is 4.79 Å². The van der Waals surface area contributed by atoms with Gasteiger partial charge in [-0.05, 0) is 60.5 Å². The van der Waals surface area contributed by atoms with Crippen molar-refractivity contribution in [3.05, 3.63) is 70.1 Å². The van der Waals surface area contributed by atoms with Gasteiger partial charge < -0.3 is 10.5 Å². The Labute approximate surface area is 150 Å². The molecule has 2 aromatic carbocycles. The van der Waals surface area contributed by atoms with E-state index in [4.69, 9.17) is 15.9 Å². The van der Waals surface area contributed by atoms with E-state index in [0.29, 0.717) is 12.2 Å². The number of amidine groups is 1. The summed E-state index contributed by atoms with van der Waals surface area (Å²) in [6.45, 7) is 2.19. The molecular formula is C20H20N2O2S. The van der Waals surface area contributed by atoms with Crippen LogP contribution in [0.15, 0.2) is 48.5 Å². The number of nitrogen functional groups attached to an aromatic ring is 1. The number of thiophene rings is 1. The Kier molecular flexibility index (Phi) is 5.14. The van der Waals surface area contributed by atoms with Crippen LogP contribution in [0.5, 0.6) is 0 Å². The van der Waals surface area contributed by atoms with E-state index in [2.05, 4.69) is 18.2 Å². The first-order valence-corrected chi connectivity index (χ1v) is 9.01. The van der Waals surface area contributed by atoms with Crippen molar-refractivity contribution in [3.8, 4) is 0 Å². The van der Waals surface area contributed by atoms with E-state index in [-0.39, 0.29) is 11.8 Å². The third-order valence-corrected chi connectivity index (χ3v) is 5.12. The number of esters is 1. The van der Waals surface area contributed by atoms with Crippen molar-refractivity contribution in [1.29, 1.82) is 5.41 Å². The largest absolute Gasteiger partial charge is 0.462 e. The van der Waals surface area contributed by atoms with Gasteiger partial charge in [-0.3, -0.25) is 5.41 Å². The first-order valence-electron chi connectivity index (χ1n) is 8.19. The molecule has 0 fully saturated rings. The number of ether oxygens (including phenoxy) is 1. The fourth-order valence-electron chi connectivity index (χ4n) is 2.72. The lowest BCUT2D eigenvalue weighted by Gasteiger charge is -2.06. The molecular weight excluding hydrogens is 332 g/mol. The minimum Gasteiger partial charge on any atom is -0.462 e. The van der Waals surface area contributed by atoms with Gasteiger partial charge in [-0.1, -0.05) is 24.3 Å². The molecule has 0 amide bonds. The number of hydrogen-bond acceptors (Lipinski definition) is 4. The van der Waals surface area contributed by atoms with Crippen LogP contribution in [0.3, 0.4) is 0 Å². The van der Waals surface area contributed by atoms with Crippen LogP contribution in [-0.2, 0) is 17.6 Å². The molecule has 25 heavy (non-hydrogen) atoms. The second kappa shape index (κ2) is 7.49. The molecule has 3 N–H and O–H groups in total. The maximum absolute atomic E-state index is 11.8. The molecule has 3 rings (SSSR count). The number of rotatable bonds is 6. The molecule has 0 spiro atoms. The van der Waals surface area contributed by atoms with Crippen LogP contribution in [-0.4, -0.2) is 18.4 Å². The van der Waals surface area contributed by atoms with Gasteiger partial charge in [0, 0.05) is 4.70 Å². The lowest BCUT2D eigenvalue weighted by atomic mass is 10.0. The Morgan fingerprint density at radius 1 is 1.12 bits per heavy atom. The summed E-state index contributed by atoms with van der Waals surface area (Å²) in [6, 6.07) is 15.9. The second-order valence-corrected chi connectivity index (χ2v) is 6.90. The topological polar surface area (TPSA) is 76.2 Å². The Morgan fingerprint density at radius 3 is 2.60 bits per heavy atom. The summed E-state index contributed by atoms with van der Waals surface area (Å²) < 4.78 is 6.19. The Hall–Kier alpha value is -2.66. The number of nitrogens with one attached hydrogen (secondary N) is 1. The van der Waals surface area contributed by atoms with E-state index in [1.807, 2.05) is 24.3 Å². The first-order chi connectivity index (χ1) is 12.1. The average molecular weight is 352 g/mol. The van der Waals surface area contributed by atoms with Crippen LogP contribution in [0.4, 0.5) is 0 Å². The minimum absolute atomic E-state index is 0.110. The van der Waals surface area contributed by atoms with Crippen LogP contribution in [0.1, 0.15) is 33.3 Å². The molecule has 0 radical (unpaired) electrons. The quantitative estimate of drug-likeness (QED) is 0.397. The van der Waals surface area contributed by atoms with Gasteiger partial charge in [0.25, 0.3) is 0 Å². The second-order valence-electron chi connectivity index (χ2n) is 5.82.